The number of carbonyl (C=O) groups is 1. The number of benzene rings is 1. The third-order valence-electron chi connectivity index (χ3n) is 5.53. The van der Waals surface area contributed by atoms with Crippen LogP contribution < -0.4 is 4.90 Å². The molecule has 2 aromatic rings. The van der Waals surface area contributed by atoms with Crippen LogP contribution in [0.25, 0.3) is 0 Å². The van der Waals surface area contributed by atoms with E-state index >= 15 is 0 Å². The molecule has 1 amide bonds. The van der Waals surface area contributed by atoms with Gasteiger partial charge in [-0.25, -0.2) is 4.98 Å². The summed E-state index contributed by atoms with van der Waals surface area (Å²) in [5.74, 6) is 1.80. The molecule has 0 N–H and O–H groups in total. The van der Waals surface area contributed by atoms with Crippen LogP contribution in [0.1, 0.15) is 29.0 Å². The summed E-state index contributed by atoms with van der Waals surface area (Å²) < 4.78 is 0. The minimum absolute atomic E-state index is 0.171. The van der Waals surface area contributed by atoms with Crippen LogP contribution in [0.15, 0.2) is 36.8 Å². The van der Waals surface area contributed by atoms with Crippen molar-refractivity contribution >= 4 is 11.7 Å². The maximum absolute atomic E-state index is 12.8. The molecule has 1 saturated heterocycles. The van der Waals surface area contributed by atoms with Crippen LogP contribution in [0.3, 0.4) is 0 Å². The molecule has 0 spiro atoms. The van der Waals surface area contributed by atoms with Gasteiger partial charge in [0.05, 0.1) is 6.20 Å². The molecule has 1 aliphatic heterocycles. The Morgan fingerprint density at radius 3 is 2.56 bits per heavy atom. The molecule has 1 aliphatic carbocycles. The summed E-state index contributed by atoms with van der Waals surface area (Å²) in [4.78, 5) is 25.5. The molecule has 25 heavy (non-hydrogen) atoms. The van der Waals surface area contributed by atoms with E-state index in [0.29, 0.717) is 11.8 Å². The number of carbonyl (C=O) groups excluding carboxylic acids is 1. The molecule has 1 saturated carbocycles. The van der Waals surface area contributed by atoms with Gasteiger partial charge in [-0.3, -0.25) is 9.78 Å². The van der Waals surface area contributed by atoms with Crippen LogP contribution in [0.2, 0.25) is 0 Å². The van der Waals surface area contributed by atoms with E-state index in [1.807, 2.05) is 4.90 Å². The smallest absolute Gasteiger partial charge is 0.226 e. The number of amides is 1. The normalized spacial score (nSPS) is 22.8. The quantitative estimate of drug-likeness (QED) is 0.864. The number of anilines is 1. The number of aryl methyl sites for hydroxylation is 2. The minimum atomic E-state index is 0.171. The predicted octanol–water partition coefficient (Wildman–Crippen LogP) is 2.55. The highest BCUT2D eigenvalue weighted by molar-refractivity contribution is 5.83. The molecule has 0 radical (unpaired) electrons. The Kier molecular flexibility index (Phi) is 4.15. The zero-order chi connectivity index (χ0) is 17.4. The van der Waals surface area contributed by atoms with Gasteiger partial charge in [-0.1, -0.05) is 18.2 Å². The van der Waals surface area contributed by atoms with Crippen molar-refractivity contribution < 1.29 is 4.79 Å². The Labute approximate surface area is 148 Å². The second-order valence-electron chi connectivity index (χ2n) is 7.17. The zero-order valence-electron chi connectivity index (χ0n) is 14.9. The second-order valence-corrected chi connectivity index (χ2v) is 7.17. The molecule has 2 fully saturated rings. The van der Waals surface area contributed by atoms with Crippen molar-refractivity contribution in [1.82, 2.24) is 14.9 Å². The summed E-state index contributed by atoms with van der Waals surface area (Å²) in [6.45, 7) is 7.46. The highest BCUT2D eigenvalue weighted by Crippen LogP contribution is 2.48. The molecule has 2 atom stereocenters. The topological polar surface area (TPSA) is 49.3 Å². The van der Waals surface area contributed by atoms with Crippen molar-refractivity contribution in [3.63, 3.8) is 0 Å². The number of nitrogens with zero attached hydrogens (tertiary/aromatic N) is 4. The van der Waals surface area contributed by atoms with Gasteiger partial charge < -0.3 is 9.80 Å². The van der Waals surface area contributed by atoms with Crippen molar-refractivity contribution in [2.24, 2.45) is 5.92 Å². The van der Waals surface area contributed by atoms with E-state index in [4.69, 9.17) is 0 Å². The summed E-state index contributed by atoms with van der Waals surface area (Å²) in [6, 6.07) is 6.61. The fraction of sp³-hybridized carbons (Fsp3) is 0.450. The number of aromatic nitrogens is 2. The monoisotopic (exact) mass is 336 g/mol. The average Bonchev–Trinajstić information content (AvgIpc) is 3.45. The van der Waals surface area contributed by atoms with Crippen molar-refractivity contribution in [1.29, 1.82) is 0 Å². The Morgan fingerprint density at radius 1 is 1.08 bits per heavy atom. The van der Waals surface area contributed by atoms with Crippen LogP contribution in [0, 0.1) is 19.8 Å². The lowest BCUT2D eigenvalue weighted by molar-refractivity contribution is -0.133. The lowest BCUT2D eigenvalue weighted by Crippen LogP contribution is -2.49. The maximum atomic E-state index is 12.8. The molecule has 4 rings (SSSR count). The predicted molar refractivity (Wildman–Crippen MR) is 97.6 cm³/mol. The van der Waals surface area contributed by atoms with Gasteiger partial charge in [0.1, 0.15) is 5.82 Å². The molecule has 2 heterocycles. The number of piperazine rings is 1. The Hall–Kier alpha value is -2.43. The van der Waals surface area contributed by atoms with E-state index in [2.05, 4.69) is 46.9 Å². The van der Waals surface area contributed by atoms with E-state index in [-0.39, 0.29) is 5.92 Å². The lowest BCUT2D eigenvalue weighted by atomic mass is 10.0. The van der Waals surface area contributed by atoms with Crippen LogP contribution in [-0.4, -0.2) is 47.0 Å². The lowest BCUT2D eigenvalue weighted by Gasteiger charge is -2.35. The van der Waals surface area contributed by atoms with Gasteiger partial charge in [-0.15, -0.1) is 0 Å². The number of hydrogen-bond donors (Lipinski definition) is 0. The summed E-state index contributed by atoms with van der Waals surface area (Å²) in [5, 5.41) is 0. The molecule has 5 heteroatoms. The standard InChI is InChI=1S/C20H24N4O/c1-14-3-4-16(11-15(14)2)17-12-18(17)20(25)24-9-7-23(8-10-24)19-13-21-5-6-22-19/h3-6,11,13,17-18H,7-10,12H2,1-2H3/t17-,18-/m0/s1. The number of rotatable bonds is 3. The maximum Gasteiger partial charge on any atom is 0.226 e. The van der Waals surface area contributed by atoms with Gasteiger partial charge in [0, 0.05) is 44.5 Å². The molecule has 5 nitrogen and oxygen atoms in total. The van der Waals surface area contributed by atoms with Crippen LogP contribution in [0.4, 0.5) is 5.82 Å². The summed E-state index contributed by atoms with van der Waals surface area (Å²) >= 11 is 0. The first-order chi connectivity index (χ1) is 12.1. The van der Waals surface area contributed by atoms with Crippen molar-refractivity contribution in [3.8, 4) is 0 Å². The SMILES string of the molecule is Cc1ccc([C@@H]2C[C@@H]2C(=O)N2CCN(c3cnccn3)CC2)cc1C. The summed E-state index contributed by atoms with van der Waals surface area (Å²) in [7, 11) is 0. The van der Waals surface area contributed by atoms with Crippen LogP contribution >= 0.6 is 0 Å². The average molecular weight is 336 g/mol. The van der Waals surface area contributed by atoms with Gasteiger partial charge >= 0.3 is 0 Å². The first-order valence-electron chi connectivity index (χ1n) is 9.00. The highest BCUT2D eigenvalue weighted by atomic mass is 16.2. The highest BCUT2D eigenvalue weighted by Gasteiger charge is 2.46. The second kappa shape index (κ2) is 6.47. The van der Waals surface area contributed by atoms with Gasteiger partial charge in [0.15, 0.2) is 0 Å². The Morgan fingerprint density at radius 2 is 1.88 bits per heavy atom. The van der Waals surface area contributed by atoms with Gasteiger partial charge in [0.25, 0.3) is 0 Å². The van der Waals surface area contributed by atoms with E-state index in [1.165, 1.54) is 16.7 Å². The summed E-state index contributed by atoms with van der Waals surface area (Å²) in [6.07, 6.45) is 6.17. The Bertz CT molecular complexity index is 769. The first kappa shape index (κ1) is 16.1. The summed E-state index contributed by atoms with van der Waals surface area (Å²) in [5.41, 5.74) is 3.94. The van der Waals surface area contributed by atoms with Gasteiger partial charge in [-0.05, 0) is 42.9 Å². The molecule has 0 unspecified atom stereocenters. The molecule has 1 aromatic carbocycles. The fourth-order valence-corrected chi connectivity index (χ4v) is 3.68. The minimum Gasteiger partial charge on any atom is -0.352 e. The van der Waals surface area contributed by atoms with Gasteiger partial charge in [-0.2, -0.15) is 0 Å². The molecule has 1 aromatic heterocycles. The van der Waals surface area contributed by atoms with E-state index in [0.717, 1.165) is 38.4 Å². The van der Waals surface area contributed by atoms with Crippen molar-refractivity contribution in [3.05, 3.63) is 53.5 Å². The molecule has 0 bridgehead atoms. The van der Waals surface area contributed by atoms with E-state index < -0.39 is 0 Å². The van der Waals surface area contributed by atoms with Crippen molar-refractivity contribution in [2.45, 2.75) is 26.2 Å². The molecule has 2 aliphatic rings. The van der Waals surface area contributed by atoms with E-state index in [1.54, 1.807) is 18.6 Å². The zero-order valence-corrected chi connectivity index (χ0v) is 14.9. The molecular formula is C20H24N4O. The van der Waals surface area contributed by atoms with E-state index in [9.17, 15) is 4.79 Å². The van der Waals surface area contributed by atoms with Crippen LogP contribution in [-0.2, 0) is 4.79 Å². The third-order valence-corrected chi connectivity index (χ3v) is 5.53. The fourth-order valence-electron chi connectivity index (χ4n) is 3.68. The largest absolute Gasteiger partial charge is 0.352 e. The van der Waals surface area contributed by atoms with Gasteiger partial charge in [0.2, 0.25) is 5.91 Å². The van der Waals surface area contributed by atoms with Crippen LogP contribution in [0.5, 0.6) is 0 Å². The van der Waals surface area contributed by atoms with Crippen molar-refractivity contribution in [2.75, 3.05) is 31.1 Å². The Balaban J connectivity index is 1.35. The number of hydrogen-bond acceptors (Lipinski definition) is 4. The first-order valence-corrected chi connectivity index (χ1v) is 9.00. The third kappa shape index (κ3) is 3.23. The molecule has 130 valence electrons. The molecular weight excluding hydrogens is 312 g/mol.